The van der Waals surface area contributed by atoms with Crippen molar-refractivity contribution < 1.29 is 19.1 Å². The van der Waals surface area contributed by atoms with Crippen LogP contribution in [0.1, 0.15) is 30.5 Å². The zero-order valence-electron chi connectivity index (χ0n) is 17.1. The van der Waals surface area contributed by atoms with Crippen LogP contribution in [-0.2, 0) is 22.7 Å². The van der Waals surface area contributed by atoms with Crippen LogP contribution in [0.4, 0.5) is 0 Å². The van der Waals surface area contributed by atoms with Crippen LogP contribution >= 0.6 is 0 Å². The molecule has 0 fully saturated rings. The first-order valence-electron chi connectivity index (χ1n) is 9.11. The number of rotatable bonds is 8. The number of hydrogen-bond acceptors (Lipinski definition) is 4. The second-order valence-corrected chi connectivity index (χ2v) is 7.11. The minimum Gasteiger partial charge on any atom is -0.493 e. The Balaban J connectivity index is 1.96. The molecular formula is C22H28N2O4. The van der Waals surface area contributed by atoms with Crippen LogP contribution in [-0.4, -0.2) is 26.0 Å². The highest BCUT2D eigenvalue weighted by Crippen LogP contribution is 2.27. The van der Waals surface area contributed by atoms with E-state index in [1.54, 1.807) is 40.2 Å². The molecule has 0 saturated carbocycles. The predicted octanol–water partition coefficient (Wildman–Crippen LogP) is 2.97. The van der Waals surface area contributed by atoms with Crippen molar-refractivity contribution in [2.24, 2.45) is 5.41 Å². The fourth-order valence-electron chi connectivity index (χ4n) is 2.70. The number of hydrogen-bond donors (Lipinski definition) is 2. The molecule has 0 saturated heterocycles. The fourth-order valence-corrected chi connectivity index (χ4v) is 2.70. The summed E-state index contributed by atoms with van der Waals surface area (Å²) in [5.74, 6) is 0.545. The number of nitrogens with one attached hydrogen (secondary N) is 2. The van der Waals surface area contributed by atoms with Gasteiger partial charge in [0.2, 0.25) is 11.8 Å². The van der Waals surface area contributed by atoms with Crippen LogP contribution < -0.4 is 20.1 Å². The van der Waals surface area contributed by atoms with Gasteiger partial charge in [0.05, 0.1) is 14.2 Å². The predicted molar refractivity (Wildman–Crippen MR) is 108 cm³/mol. The molecule has 2 rings (SSSR count). The molecule has 0 unspecified atom stereocenters. The Morgan fingerprint density at radius 3 is 2.11 bits per heavy atom. The van der Waals surface area contributed by atoms with Gasteiger partial charge in [0.25, 0.3) is 0 Å². The largest absolute Gasteiger partial charge is 0.493 e. The van der Waals surface area contributed by atoms with E-state index in [-0.39, 0.29) is 18.4 Å². The summed E-state index contributed by atoms with van der Waals surface area (Å²) in [7, 11) is 3.12. The first kappa shape index (κ1) is 21.3. The second-order valence-electron chi connectivity index (χ2n) is 7.11. The van der Waals surface area contributed by atoms with Gasteiger partial charge < -0.3 is 20.1 Å². The van der Waals surface area contributed by atoms with Crippen molar-refractivity contribution in [2.75, 3.05) is 14.2 Å². The van der Waals surface area contributed by atoms with Crippen LogP contribution in [0.2, 0.25) is 0 Å². The van der Waals surface area contributed by atoms with E-state index < -0.39 is 5.41 Å². The fraction of sp³-hybridized carbons (Fsp3) is 0.364. The lowest BCUT2D eigenvalue weighted by atomic mass is 9.90. The van der Waals surface area contributed by atoms with Gasteiger partial charge in [0.1, 0.15) is 5.41 Å². The molecule has 2 aromatic rings. The SMILES string of the molecule is COc1ccc(CNC(=O)C(C)(C)C(=O)NCc2ccccc2C)cc1OC. The molecule has 0 bridgehead atoms. The molecule has 28 heavy (non-hydrogen) atoms. The van der Waals surface area contributed by atoms with E-state index in [9.17, 15) is 9.59 Å². The summed E-state index contributed by atoms with van der Waals surface area (Å²) in [6.45, 7) is 5.89. The number of benzene rings is 2. The van der Waals surface area contributed by atoms with Crippen molar-refractivity contribution in [2.45, 2.75) is 33.9 Å². The maximum atomic E-state index is 12.6. The molecule has 0 radical (unpaired) electrons. The van der Waals surface area contributed by atoms with Crippen LogP contribution in [0, 0.1) is 12.3 Å². The molecule has 0 aliphatic heterocycles. The van der Waals surface area contributed by atoms with Crippen molar-refractivity contribution in [3.63, 3.8) is 0 Å². The first-order chi connectivity index (χ1) is 13.3. The highest BCUT2D eigenvalue weighted by molar-refractivity contribution is 6.04. The average Bonchev–Trinajstić information content (AvgIpc) is 2.70. The van der Waals surface area contributed by atoms with E-state index in [0.717, 1.165) is 16.7 Å². The number of ether oxygens (including phenoxy) is 2. The molecule has 150 valence electrons. The van der Waals surface area contributed by atoms with Gasteiger partial charge in [-0.2, -0.15) is 0 Å². The van der Waals surface area contributed by atoms with Crippen molar-refractivity contribution in [1.29, 1.82) is 0 Å². The number of carbonyl (C=O) groups is 2. The molecule has 6 heteroatoms. The highest BCUT2D eigenvalue weighted by Gasteiger charge is 2.35. The highest BCUT2D eigenvalue weighted by atomic mass is 16.5. The lowest BCUT2D eigenvalue weighted by Crippen LogP contribution is -2.47. The van der Waals surface area contributed by atoms with Gasteiger partial charge in [-0.05, 0) is 49.6 Å². The van der Waals surface area contributed by atoms with E-state index in [2.05, 4.69) is 10.6 Å². The Kier molecular flexibility index (Phi) is 7.04. The molecule has 0 aliphatic carbocycles. The third-order valence-electron chi connectivity index (χ3n) is 4.74. The van der Waals surface area contributed by atoms with Gasteiger partial charge >= 0.3 is 0 Å². The summed E-state index contributed by atoms with van der Waals surface area (Å²) < 4.78 is 10.5. The van der Waals surface area contributed by atoms with E-state index in [1.165, 1.54) is 0 Å². The van der Waals surface area contributed by atoms with Crippen LogP contribution in [0.3, 0.4) is 0 Å². The Morgan fingerprint density at radius 2 is 1.50 bits per heavy atom. The van der Waals surface area contributed by atoms with E-state index in [4.69, 9.17) is 9.47 Å². The van der Waals surface area contributed by atoms with Crippen LogP contribution in [0.15, 0.2) is 42.5 Å². The number of carbonyl (C=O) groups excluding carboxylic acids is 2. The van der Waals surface area contributed by atoms with E-state index in [0.29, 0.717) is 18.0 Å². The lowest BCUT2D eigenvalue weighted by molar-refractivity contribution is -0.141. The molecule has 0 heterocycles. The number of amides is 2. The van der Waals surface area contributed by atoms with Crippen molar-refractivity contribution >= 4 is 11.8 Å². The molecule has 2 N–H and O–H groups in total. The van der Waals surface area contributed by atoms with Crippen molar-refractivity contribution in [1.82, 2.24) is 10.6 Å². The normalized spacial score (nSPS) is 10.9. The number of methoxy groups -OCH3 is 2. The minimum atomic E-state index is -1.20. The molecule has 0 spiro atoms. The molecule has 0 aliphatic rings. The lowest BCUT2D eigenvalue weighted by Gasteiger charge is -2.23. The van der Waals surface area contributed by atoms with Gasteiger partial charge in [0.15, 0.2) is 11.5 Å². The zero-order chi connectivity index (χ0) is 20.7. The first-order valence-corrected chi connectivity index (χ1v) is 9.11. The van der Waals surface area contributed by atoms with Gasteiger partial charge in [-0.15, -0.1) is 0 Å². The Labute approximate surface area is 166 Å². The summed E-state index contributed by atoms with van der Waals surface area (Å²) in [5.41, 5.74) is 1.78. The smallest absolute Gasteiger partial charge is 0.235 e. The quantitative estimate of drug-likeness (QED) is 0.686. The molecule has 2 amide bonds. The van der Waals surface area contributed by atoms with Crippen LogP contribution in [0.5, 0.6) is 11.5 Å². The minimum absolute atomic E-state index is 0.285. The Bertz CT molecular complexity index is 846. The zero-order valence-corrected chi connectivity index (χ0v) is 17.1. The summed E-state index contributed by atoms with van der Waals surface area (Å²) in [4.78, 5) is 25.2. The molecule has 2 aromatic carbocycles. The van der Waals surface area contributed by atoms with Gasteiger partial charge in [-0.25, -0.2) is 0 Å². The molecule has 0 atom stereocenters. The Hall–Kier alpha value is -3.02. The third-order valence-corrected chi connectivity index (χ3v) is 4.74. The van der Waals surface area contributed by atoms with Gasteiger partial charge in [-0.3, -0.25) is 9.59 Å². The maximum absolute atomic E-state index is 12.6. The molecular weight excluding hydrogens is 356 g/mol. The van der Waals surface area contributed by atoms with Crippen molar-refractivity contribution in [3.8, 4) is 11.5 Å². The van der Waals surface area contributed by atoms with Gasteiger partial charge in [-0.1, -0.05) is 30.3 Å². The Morgan fingerprint density at radius 1 is 0.893 bits per heavy atom. The summed E-state index contributed by atoms with van der Waals surface area (Å²) in [5, 5.41) is 5.68. The average molecular weight is 384 g/mol. The van der Waals surface area contributed by atoms with Gasteiger partial charge in [0, 0.05) is 13.1 Å². The topological polar surface area (TPSA) is 76.7 Å². The monoisotopic (exact) mass is 384 g/mol. The summed E-state index contributed by atoms with van der Waals surface area (Å²) in [6.07, 6.45) is 0. The van der Waals surface area contributed by atoms with E-state index >= 15 is 0 Å². The standard InChI is InChI=1S/C22H28N2O4/c1-15-8-6-7-9-17(15)14-24-21(26)22(2,3)20(25)23-13-16-10-11-18(27-4)19(12-16)28-5/h6-12H,13-14H2,1-5H3,(H,23,25)(H,24,26). The number of aryl methyl sites for hydroxylation is 1. The summed E-state index contributed by atoms with van der Waals surface area (Å²) >= 11 is 0. The van der Waals surface area contributed by atoms with Crippen molar-refractivity contribution in [3.05, 3.63) is 59.2 Å². The maximum Gasteiger partial charge on any atom is 0.235 e. The molecule has 6 nitrogen and oxygen atoms in total. The molecule has 0 aromatic heterocycles. The summed E-state index contributed by atoms with van der Waals surface area (Å²) in [6, 6.07) is 13.2. The van der Waals surface area contributed by atoms with Crippen LogP contribution in [0.25, 0.3) is 0 Å². The third kappa shape index (κ3) is 5.03. The second kappa shape index (κ2) is 9.26. The van der Waals surface area contributed by atoms with E-state index in [1.807, 2.05) is 37.3 Å².